The molecule has 2 aromatic rings. The van der Waals surface area contributed by atoms with Gasteiger partial charge >= 0.3 is 6.03 Å². The van der Waals surface area contributed by atoms with Gasteiger partial charge in [-0.1, -0.05) is 23.7 Å². The van der Waals surface area contributed by atoms with Gasteiger partial charge in [-0.25, -0.2) is 4.79 Å². The number of benzene rings is 1. The van der Waals surface area contributed by atoms with Crippen LogP contribution in [0, 0.1) is 6.92 Å². The summed E-state index contributed by atoms with van der Waals surface area (Å²) in [6.07, 6.45) is 0. The molecule has 0 atom stereocenters. The molecule has 0 aliphatic carbocycles. The van der Waals surface area contributed by atoms with Crippen LogP contribution >= 0.6 is 22.9 Å². The highest BCUT2D eigenvalue weighted by Crippen LogP contribution is 2.23. The first-order chi connectivity index (χ1) is 11.1. The van der Waals surface area contributed by atoms with Crippen LogP contribution in [0.2, 0.25) is 4.34 Å². The Morgan fingerprint density at radius 1 is 1.22 bits per heavy atom. The third kappa shape index (κ3) is 4.47. The van der Waals surface area contributed by atoms with Crippen molar-refractivity contribution in [2.75, 3.05) is 31.5 Å². The average Bonchev–Trinajstić information content (AvgIpc) is 2.93. The fourth-order valence-corrected chi connectivity index (χ4v) is 3.82. The van der Waals surface area contributed by atoms with Crippen molar-refractivity contribution in [2.45, 2.75) is 13.5 Å². The van der Waals surface area contributed by atoms with Gasteiger partial charge in [0.2, 0.25) is 0 Å². The zero-order valence-electron chi connectivity index (χ0n) is 13.1. The molecule has 1 aromatic heterocycles. The molecule has 1 saturated heterocycles. The molecule has 4 nitrogen and oxygen atoms in total. The highest BCUT2D eigenvalue weighted by Gasteiger charge is 2.21. The van der Waals surface area contributed by atoms with Crippen molar-refractivity contribution >= 4 is 34.7 Å². The molecular formula is C17H20ClN3OS. The molecule has 3 rings (SSSR count). The Balaban J connectivity index is 1.49. The maximum absolute atomic E-state index is 12.3. The number of hydrogen-bond donors (Lipinski definition) is 1. The molecule has 1 aromatic carbocycles. The van der Waals surface area contributed by atoms with Gasteiger partial charge in [-0.15, -0.1) is 11.3 Å². The Labute approximate surface area is 145 Å². The van der Waals surface area contributed by atoms with Gasteiger partial charge in [0, 0.05) is 43.3 Å². The number of anilines is 1. The lowest BCUT2D eigenvalue weighted by Crippen LogP contribution is -2.49. The predicted molar refractivity (Wildman–Crippen MR) is 96.4 cm³/mol. The number of halogens is 1. The van der Waals surface area contributed by atoms with E-state index in [-0.39, 0.29) is 6.03 Å². The summed E-state index contributed by atoms with van der Waals surface area (Å²) in [6, 6.07) is 11.9. The average molecular weight is 350 g/mol. The van der Waals surface area contributed by atoms with Gasteiger partial charge in [0.15, 0.2) is 0 Å². The minimum absolute atomic E-state index is 0.0191. The molecule has 23 heavy (non-hydrogen) atoms. The molecule has 6 heteroatoms. The minimum Gasteiger partial charge on any atom is -0.322 e. The molecule has 0 bridgehead atoms. The number of carbonyl (C=O) groups is 1. The topological polar surface area (TPSA) is 35.6 Å². The second-order valence-electron chi connectivity index (χ2n) is 5.77. The van der Waals surface area contributed by atoms with Crippen LogP contribution in [0.25, 0.3) is 0 Å². The molecule has 1 aliphatic heterocycles. The SMILES string of the molecule is Cc1cccc(NC(=O)N2CCN(Cc3ccc(Cl)s3)CC2)c1. The van der Waals surface area contributed by atoms with Crippen molar-refractivity contribution < 1.29 is 4.79 Å². The summed E-state index contributed by atoms with van der Waals surface area (Å²) in [5, 5.41) is 2.97. The van der Waals surface area contributed by atoms with E-state index in [4.69, 9.17) is 11.6 Å². The first-order valence-corrected chi connectivity index (χ1v) is 8.89. The van der Waals surface area contributed by atoms with Gasteiger partial charge in [0.05, 0.1) is 4.34 Å². The lowest BCUT2D eigenvalue weighted by atomic mass is 10.2. The van der Waals surface area contributed by atoms with Crippen LogP contribution in [0.3, 0.4) is 0 Å². The summed E-state index contributed by atoms with van der Waals surface area (Å²) in [5.74, 6) is 0. The summed E-state index contributed by atoms with van der Waals surface area (Å²) in [6.45, 7) is 6.19. The Bertz CT molecular complexity index is 680. The molecule has 0 spiro atoms. The number of aryl methyl sites for hydroxylation is 1. The molecular weight excluding hydrogens is 330 g/mol. The second-order valence-corrected chi connectivity index (χ2v) is 7.57. The number of urea groups is 1. The summed E-state index contributed by atoms with van der Waals surface area (Å²) >= 11 is 7.59. The van der Waals surface area contributed by atoms with Crippen molar-refractivity contribution in [1.29, 1.82) is 0 Å². The van der Waals surface area contributed by atoms with E-state index in [1.54, 1.807) is 11.3 Å². The fraction of sp³-hybridized carbons (Fsp3) is 0.353. The number of hydrogen-bond acceptors (Lipinski definition) is 3. The van der Waals surface area contributed by atoms with Crippen LogP contribution in [0.4, 0.5) is 10.5 Å². The number of nitrogens with one attached hydrogen (secondary N) is 1. The van der Waals surface area contributed by atoms with E-state index < -0.39 is 0 Å². The molecule has 2 heterocycles. The monoisotopic (exact) mass is 349 g/mol. The molecule has 0 saturated carbocycles. The van der Waals surface area contributed by atoms with E-state index in [2.05, 4.69) is 16.3 Å². The van der Waals surface area contributed by atoms with E-state index in [1.165, 1.54) is 4.88 Å². The highest BCUT2D eigenvalue weighted by atomic mass is 35.5. The summed E-state index contributed by atoms with van der Waals surface area (Å²) in [7, 11) is 0. The Morgan fingerprint density at radius 2 is 2.00 bits per heavy atom. The van der Waals surface area contributed by atoms with Crippen molar-refractivity contribution in [2.24, 2.45) is 0 Å². The van der Waals surface area contributed by atoms with Gasteiger partial charge in [-0.3, -0.25) is 4.90 Å². The normalized spacial score (nSPS) is 15.7. The largest absolute Gasteiger partial charge is 0.322 e. The van der Waals surface area contributed by atoms with Crippen LogP contribution in [-0.4, -0.2) is 42.0 Å². The zero-order valence-corrected chi connectivity index (χ0v) is 14.7. The predicted octanol–water partition coefficient (Wildman–Crippen LogP) is 4.06. The van der Waals surface area contributed by atoms with E-state index in [0.717, 1.165) is 48.3 Å². The van der Waals surface area contributed by atoms with Gasteiger partial charge < -0.3 is 10.2 Å². The molecule has 1 N–H and O–H groups in total. The molecule has 2 amide bonds. The second kappa shape index (κ2) is 7.34. The van der Waals surface area contributed by atoms with E-state index in [1.807, 2.05) is 42.2 Å². The standard InChI is InChI=1S/C17H20ClN3OS/c1-13-3-2-4-14(11-13)19-17(22)21-9-7-20(8-10-21)12-15-5-6-16(18)23-15/h2-6,11H,7-10,12H2,1H3,(H,19,22). The number of rotatable bonds is 3. The van der Waals surface area contributed by atoms with Crippen molar-refractivity contribution in [3.8, 4) is 0 Å². The molecule has 0 radical (unpaired) electrons. The number of piperazine rings is 1. The quantitative estimate of drug-likeness (QED) is 0.907. The van der Waals surface area contributed by atoms with Gasteiger partial charge in [-0.05, 0) is 36.8 Å². The van der Waals surface area contributed by atoms with Crippen LogP contribution in [0.15, 0.2) is 36.4 Å². The first kappa shape index (κ1) is 16.3. The number of thiophene rings is 1. The van der Waals surface area contributed by atoms with Crippen LogP contribution in [0.1, 0.15) is 10.4 Å². The number of amides is 2. The molecule has 1 fully saturated rings. The number of carbonyl (C=O) groups excluding carboxylic acids is 1. The number of nitrogens with zero attached hydrogens (tertiary/aromatic N) is 2. The van der Waals surface area contributed by atoms with E-state index in [9.17, 15) is 4.79 Å². The molecule has 0 unspecified atom stereocenters. The Hall–Kier alpha value is -1.56. The first-order valence-electron chi connectivity index (χ1n) is 7.69. The van der Waals surface area contributed by atoms with Crippen molar-refractivity contribution in [3.63, 3.8) is 0 Å². The van der Waals surface area contributed by atoms with Crippen LogP contribution in [0.5, 0.6) is 0 Å². The molecule has 122 valence electrons. The maximum atomic E-state index is 12.3. The van der Waals surface area contributed by atoms with Gasteiger partial charge in [0.25, 0.3) is 0 Å². The third-order valence-corrected chi connectivity index (χ3v) is 5.15. The zero-order chi connectivity index (χ0) is 16.2. The Kier molecular flexibility index (Phi) is 5.20. The Morgan fingerprint density at radius 3 is 2.65 bits per heavy atom. The van der Waals surface area contributed by atoms with Crippen LogP contribution < -0.4 is 5.32 Å². The minimum atomic E-state index is -0.0191. The van der Waals surface area contributed by atoms with Crippen LogP contribution in [-0.2, 0) is 6.54 Å². The highest BCUT2D eigenvalue weighted by molar-refractivity contribution is 7.16. The smallest absolute Gasteiger partial charge is 0.321 e. The summed E-state index contributed by atoms with van der Waals surface area (Å²) in [5.41, 5.74) is 1.99. The van der Waals surface area contributed by atoms with E-state index in [0.29, 0.717) is 0 Å². The van der Waals surface area contributed by atoms with Gasteiger partial charge in [-0.2, -0.15) is 0 Å². The van der Waals surface area contributed by atoms with Crippen molar-refractivity contribution in [1.82, 2.24) is 9.80 Å². The third-order valence-electron chi connectivity index (χ3n) is 3.94. The maximum Gasteiger partial charge on any atom is 0.321 e. The molecule has 1 aliphatic rings. The fourth-order valence-electron chi connectivity index (χ4n) is 2.69. The van der Waals surface area contributed by atoms with Gasteiger partial charge in [0.1, 0.15) is 0 Å². The summed E-state index contributed by atoms with van der Waals surface area (Å²) in [4.78, 5) is 17.8. The lowest BCUT2D eigenvalue weighted by Gasteiger charge is -2.34. The lowest BCUT2D eigenvalue weighted by molar-refractivity contribution is 0.143. The summed E-state index contributed by atoms with van der Waals surface area (Å²) < 4.78 is 0.830. The van der Waals surface area contributed by atoms with E-state index >= 15 is 0 Å². The van der Waals surface area contributed by atoms with Crippen molar-refractivity contribution in [3.05, 3.63) is 51.2 Å².